The number of anilines is 3. The number of aromatic nitrogens is 1. The summed E-state index contributed by atoms with van der Waals surface area (Å²) in [6.07, 6.45) is 3.50. The third-order valence-corrected chi connectivity index (χ3v) is 8.00. The van der Waals surface area contributed by atoms with Gasteiger partial charge in [0.2, 0.25) is 5.91 Å². The highest BCUT2D eigenvalue weighted by molar-refractivity contribution is 7.21. The number of nitrogens with one attached hydrogen (secondary N) is 2. The Morgan fingerprint density at radius 1 is 1.15 bits per heavy atom. The van der Waals surface area contributed by atoms with Gasteiger partial charge >= 0.3 is 6.03 Å². The van der Waals surface area contributed by atoms with Gasteiger partial charge in [0.05, 0.1) is 27.5 Å². The summed E-state index contributed by atoms with van der Waals surface area (Å²) in [5.74, 6) is 0.705. The average Bonchev–Trinajstić information content (AvgIpc) is 3.55. The molecule has 1 fully saturated rings. The lowest BCUT2D eigenvalue weighted by Gasteiger charge is -2.29. The first-order valence-electron chi connectivity index (χ1n) is 12.2. The van der Waals surface area contributed by atoms with Crippen molar-refractivity contribution in [2.24, 2.45) is 0 Å². The maximum absolute atomic E-state index is 13.4. The van der Waals surface area contributed by atoms with Crippen molar-refractivity contribution in [1.29, 1.82) is 0 Å². The van der Waals surface area contributed by atoms with E-state index in [1.165, 1.54) is 22.3 Å². The first-order valence-corrected chi connectivity index (χ1v) is 13.4. The number of hydrogen-bond acceptors (Lipinski definition) is 6. The van der Waals surface area contributed by atoms with Crippen LogP contribution in [0.2, 0.25) is 5.02 Å². The number of carbonyl (C=O) groups excluding carboxylic acids is 3. The summed E-state index contributed by atoms with van der Waals surface area (Å²) in [5, 5.41) is 6.84. The standard InChI is InChI=1S/C28H22ClN5O4S/c1-2-22(35)33-13-11-16(15-33)31-26(36)25-24-23-21(10-12-30-27(23)39-25)34(28(37)32-24)20-9-8-18(14-19(20)29)38-17-6-4-3-5-7-17/h2-10,12,14,16H,1,11,13,15H2,(H,31,36)(H,32,37). The third kappa shape index (κ3) is 4.58. The Bertz CT molecular complexity index is 1640. The Labute approximate surface area is 232 Å². The van der Waals surface area contributed by atoms with E-state index in [4.69, 9.17) is 16.3 Å². The van der Waals surface area contributed by atoms with Gasteiger partial charge in [0, 0.05) is 31.4 Å². The van der Waals surface area contributed by atoms with Crippen molar-refractivity contribution in [1.82, 2.24) is 15.2 Å². The highest BCUT2D eigenvalue weighted by atomic mass is 35.5. The van der Waals surface area contributed by atoms with E-state index in [2.05, 4.69) is 22.2 Å². The van der Waals surface area contributed by atoms with E-state index in [1.54, 1.807) is 35.4 Å². The van der Waals surface area contributed by atoms with Gasteiger partial charge in [-0.25, -0.2) is 9.78 Å². The van der Waals surface area contributed by atoms with E-state index >= 15 is 0 Å². The van der Waals surface area contributed by atoms with Crippen LogP contribution in [-0.2, 0) is 4.79 Å². The van der Waals surface area contributed by atoms with Gasteiger partial charge in [-0.3, -0.25) is 14.5 Å². The molecule has 2 aliphatic rings. The Balaban J connectivity index is 1.29. The SMILES string of the molecule is C=CC(=O)N1CCC(NC(=O)c2sc3nccc4c3c2NC(=O)N4c2ccc(Oc3ccccc3)cc2Cl)C1. The summed E-state index contributed by atoms with van der Waals surface area (Å²) in [4.78, 5) is 47.1. The highest BCUT2D eigenvalue weighted by Crippen LogP contribution is 2.47. The summed E-state index contributed by atoms with van der Waals surface area (Å²) >= 11 is 7.84. The van der Waals surface area contributed by atoms with Crippen LogP contribution in [0.4, 0.5) is 21.9 Å². The fourth-order valence-corrected chi connectivity index (χ4v) is 6.08. The number of pyridine rings is 1. The molecule has 4 heterocycles. The summed E-state index contributed by atoms with van der Waals surface area (Å²) < 4.78 is 5.87. The molecule has 1 saturated heterocycles. The van der Waals surface area contributed by atoms with Gasteiger partial charge in [-0.15, -0.1) is 11.3 Å². The summed E-state index contributed by atoms with van der Waals surface area (Å²) in [7, 11) is 0. The van der Waals surface area contributed by atoms with Gasteiger partial charge in [0.25, 0.3) is 5.91 Å². The van der Waals surface area contributed by atoms with Crippen molar-refractivity contribution in [2.45, 2.75) is 12.5 Å². The van der Waals surface area contributed by atoms with E-state index in [1.807, 2.05) is 30.3 Å². The minimum Gasteiger partial charge on any atom is -0.457 e. The Kier molecular flexibility index (Phi) is 6.41. The monoisotopic (exact) mass is 559 g/mol. The molecule has 4 amide bonds. The van der Waals surface area contributed by atoms with Crippen LogP contribution >= 0.6 is 22.9 Å². The maximum Gasteiger partial charge on any atom is 0.331 e. The summed E-state index contributed by atoms with van der Waals surface area (Å²) in [5.41, 5.74) is 1.44. The van der Waals surface area contributed by atoms with Crippen LogP contribution in [0.15, 0.2) is 73.4 Å². The van der Waals surface area contributed by atoms with Crippen LogP contribution in [0.25, 0.3) is 10.2 Å². The molecule has 0 spiro atoms. The molecule has 0 radical (unpaired) electrons. The van der Waals surface area contributed by atoms with Gasteiger partial charge in [0.15, 0.2) is 0 Å². The van der Waals surface area contributed by atoms with Crippen molar-refractivity contribution in [3.63, 3.8) is 0 Å². The molecule has 2 aliphatic heterocycles. The molecule has 196 valence electrons. The number of thiophene rings is 1. The van der Waals surface area contributed by atoms with Crippen molar-refractivity contribution >= 4 is 68.1 Å². The Morgan fingerprint density at radius 2 is 1.97 bits per heavy atom. The number of benzene rings is 2. The number of ether oxygens (including phenoxy) is 1. The van der Waals surface area contributed by atoms with Gasteiger partial charge in [0.1, 0.15) is 21.2 Å². The number of para-hydroxylation sites is 1. The van der Waals surface area contributed by atoms with Crippen LogP contribution in [0.1, 0.15) is 16.1 Å². The Hall–Kier alpha value is -4.41. The number of halogens is 1. The Morgan fingerprint density at radius 3 is 2.74 bits per heavy atom. The molecule has 2 N–H and O–H groups in total. The molecular formula is C28H22ClN5O4S. The smallest absolute Gasteiger partial charge is 0.331 e. The fraction of sp³-hybridized carbons (Fsp3) is 0.143. The van der Waals surface area contributed by atoms with Crippen molar-refractivity contribution in [2.75, 3.05) is 23.3 Å². The predicted molar refractivity (Wildman–Crippen MR) is 151 cm³/mol. The van der Waals surface area contributed by atoms with Gasteiger partial charge in [-0.05, 0) is 42.8 Å². The lowest BCUT2D eigenvalue weighted by atomic mass is 10.1. The van der Waals surface area contributed by atoms with Crippen LogP contribution in [0.3, 0.4) is 0 Å². The molecule has 0 aliphatic carbocycles. The molecular weight excluding hydrogens is 538 g/mol. The molecule has 6 rings (SSSR count). The second-order valence-corrected chi connectivity index (χ2v) is 10.5. The summed E-state index contributed by atoms with van der Waals surface area (Å²) in [6, 6.07) is 15.5. The number of amides is 4. The van der Waals surface area contributed by atoms with E-state index in [0.29, 0.717) is 68.2 Å². The number of nitrogens with zero attached hydrogens (tertiary/aromatic N) is 3. The van der Waals surface area contributed by atoms with Gasteiger partial charge in [-0.2, -0.15) is 0 Å². The summed E-state index contributed by atoms with van der Waals surface area (Å²) in [6.45, 7) is 4.47. The van der Waals surface area contributed by atoms with Crippen LogP contribution in [-0.4, -0.2) is 46.9 Å². The zero-order chi connectivity index (χ0) is 27.1. The average molecular weight is 560 g/mol. The van der Waals surface area contributed by atoms with Crippen molar-refractivity contribution in [3.8, 4) is 11.5 Å². The minimum absolute atomic E-state index is 0.164. The molecule has 9 nitrogen and oxygen atoms in total. The van der Waals surface area contributed by atoms with Crippen LogP contribution in [0, 0.1) is 0 Å². The van der Waals surface area contributed by atoms with Gasteiger partial charge in [-0.1, -0.05) is 36.4 Å². The fourth-order valence-electron chi connectivity index (χ4n) is 4.80. The second kappa shape index (κ2) is 10.0. The van der Waals surface area contributed by atoms with E-state index in [9.17, 15) is 14.4 Å². The van der Waals surface area contributed by atoms with E-state index in [-0.39, 0.29) is 17.9 Å². The van der Waals surface area contributed by atoms with Crippen molar-refractivity contribution in [3.05, 3.63) is 83.3 Å². The zero-order valence-electron chi connectivity index (χ0n) is 20.5. The lowest BCUT2D eigenvalue weighted by molar-refractivity contribution is -0.125. The molecule has 4 aromatic rings. The number of carbonyl (C=O) groups is 3. The molecule has 0 saturated carbocycles. The molecule has 1 unspecified atom stereocenters. The normalized spacial score (nSPS) is 16.2. The zero-order valence-corrected chi connectivity index (χ0v) is 22.1. The maximum atomic E-state index is 13.4. The molecule has 0 bridgehead atoms. The van der Waals surface area contributed by atoms with E-state index < -0.39 is 6.03 Å². The first-order chi connectivity index (χ1) is 18.9. The highest BCUT2D eigenvalue weighted by Gasteiger charge is 2.35. The largest absolute Gasteiger partial charge is 0.457 e. The van der Waals surface area contributed by atoms with Crippen molar-refractivity contribution < 1.29 is 19.1 Å². The van der Waals surface area contributed by atoms with Gasteiger partial charge < -0.3 is 20.3 Å². The van der Waals surface area contributed by atoms with E-state index in [0.717, 1.165) is 0 Å². The molecule has 39 heavy (non-hydrogen) atoms. The number of hydrogen-bond donors (Lipinski definition) is 2. The topological polar surface area (TPSA) is 104 Å². The third-order valence-electron chi connectivity index (χ3n) is 6.60. The van der Waals surface area contributed by atoms with Crippen LogP contribution < -0.4 is 20.3 Å². The first kappa shape index (κ1) is 24.9. The second-order valence-electron chi connectivity index (χ2n) is 9.06. The number of urea groups is 1. The van der Waals surface area contributed by atoms with Crippen LogP contribution in [0.5, 0.6) is 11.5 Å². The lowest BCUT2D eigenvalue weighted by Crippen LogP contribution is -2.39. The predicted octanol–water partition coefficient (Wildman–Crippen LogP) is 5.94. The molecule has 2 aromatic heterocycles. The number of likely N-dealkylation sites (tertiary alicyclic amines) is 1. The number of rotatable bonds is 6. The molecule has 2 aromatic carbocycles. The molecule has 11 heteroatoms. The quantitative estimate of drug-likeness (QED) is 0.284. The molecule has 1 atom stereocenters. The minimum atomic E-state index is -0.454.